The molecule has 2 rings (SSSR count). The average molecular weight is 315 g/mol. The molecule has 0 aliphatic carbocycles. The molecule has 5 heteroatoms. The van der Waals surface area contributed by atoms with Crippen molar-refractivity contribution in [1.82, 2.24) is 0 Å². The number of ether oxygens (including phenoxy) is 2. The quantitative estimate of drug-likeness (QED) is 0.769. The molecule has 122 valence electrons. The molecular formula is C18H21NO4. The topological polar surface area (TPSA) is 67.8 Å². The maximum absolute atomic E-state index is 11.8. The molecule has 0 spiro atoms. The van der Waals surface area contributed by atoms with Gasteiger partial charge in [0.25, 0.3) is 0 Å². The smallest absolute Gasteiger partial charge is 0.330 e. The van der Waals surface area contributed by atoms with Gasteiger partial charge >= 0.3 is 5.97 Å². The van der Waals surface area contributed by atoms with Crippen molar-refractivity contribution in [2.24, 2.45) is 0 Å². The minimum atomic E-state index is -0.898. The van der Waals surface area contributed by atoms with Gasteiger partial charge in [-0.3, -0.25) is 0 Å². The number of carbonyl (C=O) groups excluding carboxylic acids is 1. The zero-order chi connectivity index (χ0) is 16.7. The summed E-state index contributed by atoms with van der Waals surface area (Å²) in [6.07, 6.45) is -0.898. The number of aliphatic hydroxyl groups excluding tert-OH is 1. The van der Waals surface area contributed by atoms with E-state index in [-0.39, 0.29) is 0 Å². The van der Waals surface area contributed by atoms with Crippen LogP contribution in [0.1, 0.15) is 12.5 Å². The maximum atomic E-state index is 11.8. The molecular weight excluding hydrogens is 294 g/mol. The lowest BCUT2D eigenvalue weighted by Crippen LogP contribution is -2.40. The molecule has 2 N–H and O–H groups in total. The molecule has 0 aliphatic heterocycles. The fraction of sp³-hybridized carbons (Fsp3) is 0.278. The van der Waals surface area contributed by atoms with E-state index in [0.29, 0.717) is 18.0 Å². The summed E-state index contributed by atoms with van der Waals surface area (Å²) in [4.78, 5) is 11.8. The van der Waals surface area contributed by atoms with Gasteiger partial charge in [-0.25, -0.2) is 4.79 Å². The fourth-order valence-corrected chi connectivity index (χ4v) is 2.12. The summed E-state index contributed by atoms with van der Waals surface area (Å²) in [6.45, 7) is 1.94. The van der Waals surface area contributed by atoms with Crippen LogP contribution in [0.15, 0.2) is 54.6 Å². The standard InChI is InChI=1S/C18H21NO4/c1-13(20)17(18(21)22-2)19-15-10-6-7-11-16(15)23-12-14-8-4-3-5-9-14/h3-11,13,17,19-20H,12H2,1-2H3/t13-,17+/m1/s1. The number of nitrogens with one attached hydrogen (secondary N) is 1. The first-order valence-corrected chi connectivity index (χ1v) is 7.40. The highest BCUT2D eigenvalue weighted by atomic mass is 16.5. The van der Waals surface area contributed by atoms with Gasteiger partial charge in [-0.15, -0.1) is 0 Å². The van der Waals surface area contributed by atoms with Gasteiger partial charge in [0.15, 0.2) is 6.04 Å². The van der Waals surface area contributed by atoms with Gasteiger partial charge in [-0.1, -0.05) is 42.5 Å². The van der Waals surface area contributed by atoms with Gasteiger partial charge in [0.05, 0.1) is 18.9 Å². The van der Waals surface area contributed by atoms with Crippen LogP contribution in [0, 0.1) is 0 Å². The average Bonchev–Trinajstić information content (AvgIpc) is 2.58. The van der Waals surface area contributed by atoms with Gasteiger partial charge < -0.3 is 19.9 Å². The molecule has 0 saturated heterocycles. The van der Waals surface area contributed by atoms with Gasteiger partial charge in [-0.2, -0.15) is 0 Å². The van der Waals surface area contributed by atoms with Gasteiger partial charge in [-0.05, 0) is 24.6 Å². The Labute approximate surface area is 135 Å². The summed E-state index contributed by atoms with van der Waals surface area (Å²) in [5, 5.41) is 12.8. The molecule has 0 amide bonds. The van der Waals surface area contributed by atoms with Crippen LogP contribution in [0.3, 0.4) is 0 Å². The maximum Gasteiger partial charge on any atom is 0.330 e. The van der Waals surface area contributed by atoms with Crippen LogP contribution in [0.2, 0.25) is 0 Å². The number of carbonyl (C=O) groups is 1. The van der Waals surface area contributed by atoms with E-state index in [0.717, 1.165) is 5.56 Å². The largest absolute Gasteiger partial charge is 0.487 e. The minimum absolute atomic E-state index is 0.414. The monoisotopic (exact) mass is 315 g/mol. The summed E-state index contributed by atoms with van der Waals surface area (Å²) in [5.41, 5.74) is 1.67. The predicted octanol–water partition coefficient (Wildman–Crippen LogP) is 2.60. The first-order valence-electron chi connectivity index (χ1n) is 7.40. The van der Waals surface area contributed by atoms with E-state index in [1.165, 1.54) is 14.0 Å². The van der Waals surface area contributed by atoms with Crippen LogP contribution in [0.5, 0.6) is 5.75 Å². The number of rotatable bonds is 7. The lowest BCUT2D eigenvalue weighted by Gasteiger charge is -2.21. The van der Waals surface area contributed by atoms with Crippen molar-refractivity contribution in [1.29, 1.82) is 0 Å². The molecule has 0 unspecified atom stereocenters. The summed E-state index contributed by atoms with van der Waals surface area (Å²) < 4.78 is 10.5. The third-order valence-corrected chi connectivity index (χ3v) is 3.37. The van der Waals surface area contributed by atoms with Crippen molar-refractivity contribution in [3.8, 4) is 5.75 Å². The van der Waals surface area contributed by atoms with Crippen LogP contribution in [0.25, 0.3) is 0 Å². The molecule has 0 heterocycles. The number of hydrogen-bond donors (Lipinski definition) is 2. The van der Waals surface area contributed by atoms with E-state index in [4.69, 9.17) is 9.47 Å². The molecule has 0 aliphatic rings. The third kappa shape index (κ3) is 4.72. The number of aliphatic hydroxyl groups is 1. The molecule has 2 atom stereocenters. The first-order chi connectivity index (χ1) is 11.1. The number of esters is 1. The minimum Gasteiger partial charge on any atom is -0.487 e. The lowest BCUT2D eigenvalue weighted by atomic mass is 10.1. The van der Waals surface area contributed by atoms with Gasteiger partial charge in [0.2, 0.25) is 0 Å². The summed E-state index contributed by atoms with van der Waals surface area (Å²) in [6, 6.07) is 16.2. The van der Waals surface area contributed by atoms with Crippen LogP contribution < -0.4 is 10.1 Å². The lowest BCUT2D eigenvalue weighted by molar-refractivity contribution is -0.143. The second-order valence-corrected chi connectivity index (χ2v) is 5.16. The SMILES string of the molecule is COC(=O)[C@@H](Nc1ccccc1OCc1ccccc1)[C@@H](C)O. The number of methoxy groups -OCH3 is 1. The number of benzene rings is 2. The van der Waals surface area contributed by atoms with Gasteiger partial charge in [0.1, 0.15) is 12.4 Å². The van der Waals surface area contributed by atoms with Crippen molar-refractivity contribution in [3.05, 3.63) is 60.2 Å². The molecule has 2 aromatic carbocycles. The normalized spacial score (nSPS) is 13.0. The molecule has 0 bridgehead atoms. The Morgan fingerprint density at radius 2 is 1.78 bits per heavy atom. The molecule has 0 fully saturated rings. The predicted molar refractivity (Wildman–Crippen MR) is 88.3 cm³/mol. The number of hydrogen-bond acceptors (Lipinski definition) is 5. The van der Waals surface area contributed by atoms with Crippen molar-refractivity contribution in [2.75, 3.05) is 12.4 Å². The van der Waals surface area contributed by atoms with Crippen molar-refractivity contribution in [3.63, 3.8) is 0 Å². The van der Waals surface area contributed by atoms with Gasteiger partial charge in [0, 0.05) is 0 Å². The summed E-state index contributed by atoms with van der Waals surface area (Å²) >= 11 is 0. The highest BCUT2D eigenvalue weighted by Gasteiger charge is 2.25. The van der Waals surface area contributed by atoms with Crippen LogP contribution in [-0.2, 0) is 16.1 Å². The molecule has 2 aromatic rings. The molecule has 0 radical (unpaired) electrons. The van der Waals surface area contributed by atoms with E-state index < -0.39 is 18.1 Å². The second-order valence-electron chi connectivity index (χ2n) is 5.16. The number of para-hydroxylation sites is 2. The van der Waals surface area contributed by atoms with E-state index in [1.807, 2.05) is 48.5 Å². The Morgan fingerprint density at radius 3 is 2.43 bits per heavy atom. The van der Waals surface area contributed by atoms with Crippen LogP contribution in [-0.4, -0.2) is 30.3 Å². The fourth-order valence-electron chi connectivity index (χ4n) is 2.12. The Kier molecular flexibility index (Phi) is 6.00. The molecule has 5 nitrogen and oxygen atoms in total. The van der Waals surface area contributed by atoms with E-state index >= 15 is 0 Å². The highest BCUT2D eigenvalue weighted by molar-refractivity contribution is 5.80. The van der Waals surface area contributed by atoms with E-state index in [1.54, 1.807) is 6.07 Å². The third-order valence-electron chi connectivity index (χ3n) is 3.37. The molecule has 0 aromatic heterocycles. The Morgan fingerprint density at radius 1 is 1.13 bits per heavy atom. The van der Waals surface area contributed by atoms with E-state index in [2.05, 4.69) is 5.32 Å². The zero-order valence-electron chi connectivity index (χ0n) is 13.2. The Bertz CT molecular complexity index is 628. The highest BCUT2D eigenvalue weighted by Crippen LogP contribution is 2.26. The Hall–Kier alpha value is -2.53. The van der Waals surface area contributed by atoms with Crippen LogP contribution in [0.4, 0.5) is 5.69 Å². The van der Waals surface area contributed by atoms with Crippen molar-refractivity contribution in [2.45, 2.75) is 25.7 Å². The molecule has 23 heavy (non-hydrogen) atoms. The van der Waals surface area contributed by atoms with Crippen molar-refractivity contribution < 1.29 is 19.4 Å². The van der Waals surface area contributed by atoms with Crippen LogP contribution >= 0.6 is 0 Å². The second kappa shape index (κ2) is 8.19. The summed E-state index contributed by atoms with van der Waals surface area (Å²) in [7, 11) is 1.29. The number of anilines is 1. The first kappa shape index (κ1) is 16.8. The summed E-state index contributed by atoms with van der Waals surface area (Å²) in [5.74, 6) is 0.0729. The van der Waals surface area contributed by atoms with E-state index in [9.17, 15) is 9.90 Å². The zero-order valence-corrected chi connectivity index (χ0v) is 13.2. The molecule has 0 saturated carbocycles. The Balaban J connectivity index is 2.11. The van der Waals surface area contributed by atoms with Crippen molar-refractivity contribution >= 4 is 11.7 Å².